The Morgan fingerprint density at radius 3 is 2.76 bits per heavy atom. The molecule has 4 heteroatoms. The van der Waals surface area contributed by atoms with E-state index in [1.54, 1.807) is 30.0 Å². The van der Waals surface area contributed by atoms with Gasteiger partial charge in [0.05, 0.1) is 12.8 Å². The molecule has 0 aliphatic heterocycles. The maximum atomic E-state index is 11.1. The lowest BCUT2D eigenvalue weighted by Crippen LogP contribution is -2.07. The van der Waals surface area contributed by atoms with Crippen LogP contribution in [0.1, 0.15) is 16.1 Å². The first-order chi connectivity index (χ1) is 8.13. The van der Waals surface area contributed by atoms with Crippen molar-refractivity contribution in [1.29, 1.82) is 0 Å². The predicted octanol–water partition coefficient (Wildman–Crippen LogP) is 2.49. The van der Waals surface area contributed by atoms with Gasteiger partial charge in [0.1, 0.15) is 11.4 Å². The molecule has 88 valence electrons. The van der Waals surface area contributed by atoms with Crippen LogP contribution in [0.15, 0.2) is 36.5 Å². The largest absolute Gasteiger partial charge is 0.495 e. The van der Waals surface area contributed by atoms with Crippen molar-refractivity contribution in [3.8, 4) is 11.4 Å². The monoisotopic (exact) mass is 231 g/mol. The second-order valence-electron chi connectivity index (χ2n) is 3.74. The number of aryl methyl sites for hydroxylation is 1. The molecule has 0 aliphatic carbocycles. The van der Waals surface area contributed by atoms with Gasteiger partial charge < -0.3 is 14.4 Å². The summed E-state index contributed by atoms with van der Waals surface area (Å²) in [5.41, 5.74) is 2.00. The number of carboxylic acid groups (broad SMARTS) is 1. The van der Waals surface area contributed by atoms with Gasteiger partial charge in [-0.05, 0) is 36.8 Å². The van der Waals surface area contributed by atoms with E-state index in [-0.39, 0.29) is 5.69 Å². The zero-order valence-electron chi connectivity index (χ0n) is 9.68. The molecule has 0 saturated carbocycles. The molecule has 0 saturated heterocycles. The maximum Gasteiger partial charge on any atom is 0.352 e. The Kier molecular flexibility index (Phi) is 2.87. The number of hydrogen-bond donors (Lipinski definition) is 1. The van der Waals surface area contributed by atoms with E-state index in [9.17, 15) is 4.79 Å². The molecule has 1 aromatic carbocycles. The highest BCUT2D eigenvalue weighted by atomic mass is 16.5. The molecule has 2 rings (SSSR count). The third-order valence-corrected chi connectivity index (χ3v) is 2.56. The van der Waals surface area contributed by atoms with Gasteiger partial charge in [0, 0.05) is 6.20 Å². The second-order valence-corrected chi connectivity index (χ2v) is 3.74. The molecule has 1 aromatic heterocycles. The van der Waals surface area contributed by atoms with Crippen molar-refractivity contribution < 1.29 is 14.6 Å². The standard InChI is InChI=1S/C13H13NO3/c1-9-5-6-12(17-2)11(8-9)14-7-3-4-10(14)13(15)16/h3-8H,1-2H3,(H,15,16). The van der Waals surface area contributed by atoms with Gasteiger partial charge in [0.2, 0.25) is 0 Å². The van der Waals surface area contributed by atoms with E-state index in [0.717, 1.165) is 11.3 Å². The third-order valence-electron chi connectivity index (χ3n) is 2.56. The number of benzene rings is 1. The average Bonchev–Trinajstić information content (AvgIpc) is 2.77. The molecule has 1 heterocycles. The van der Waals surface area contributed by atoms with E-state index in [2.05, 4.69) is 0 Å². The minimum Gasteiger partial charge on any atom is -0.495 e. The molecule has 0 aliphatic rings. The first-order valence-corrected chi connectivity index (χ1v) is 5.19. The lowest BCUT2D eigenvalue weighted by molar-refractivity contribution is 0.0688. The molecular weight excluding hydrogens is 218 g/mol. The molecule has 0 spiro atoms. The van der Waals surface area contributed by atoms with Gasteiger partial charge >= 0.3 is 5.97 Å². The average molecular weight is 231 g/mol. The zero-order valence-corrected chi connectivity index (χ0v) is 9.68. The fourth-order valence-corrected chi connectivity index (χ4v) is 1.75. The lowest BCUT2D eigenvalue weighted by Gasteiger charge is -2.12. The SMILES string of the molecule is COc1ccc(C)cc1-n1cccc1C(=O)O. The number of rotatable bonds is 3. The van der Waals surface area contributed by atoms with Crippen molar-refractivity contribution in [3.05, 3.63) is 47.8 Å². The number of hydrogen-bond acceptors (Lipinski definition) is 2. The summed E-state index contributed by atoms with van der Waals surface area (Å²) in [6.45, 7) is 1.95. The summed E-state index contributed by atoms with van der Waals surface area (Å²) in [6.07, 6.45) is 1.71. The molecule has 0 bridgehead atoms. The Morgan fingerprint density at radius 2 is 2.12 bits per heavy atom. The minimum atomic E-state index is -0.960. The molecule has 0 amide bonds. The van der Waals surface area contributed by atoms with E-state index < -0.39 is 5.97 Å². The van der Waals surface area contributed by atoms with Crippen molar-refractivity contribution in [3.63, 3.8) is 0 Å². The number of ether oxygens (including phenoxy) is 1. The quantitative estimate of drug-likeness (QED) is 0.882. The first kappa shape index (κ1) is 11.3. The van der Waals surface area contributed by atoms with Gasteiger partial charge in [-0.25, -0.2) is 4.79 Å². The zero-order chi connectivity index (χ0) is 12.4. The first-order valence-electron chi connectivity index (χ1n) is 5.19. The fraction of sp³-hybridized carbons (Fsp3) is 0.154. The third kappa shape index (κ3) is 2.01. The smallest absolute Gasteiger partial charge is 0.352 e. The van der Waals surface area contributed by atoms with Gasteiger partial charge in [-0.15, -0.1) is 0 Å². The Bertz CT molecular complexity index is 558. The number of carbonyl (C=O) groups is 1. The van der Waals surface area contributed by atoms with Crippen LogP contribution in [-0.4, -0.2) is 22.8 Å². The summed E-state index contributed by atoms with van der Waals surface area (Å²) >= 11 is 0. The molecule has 17 heavy (non-hydrogen) atoms. The van der Waals surface area contributed by atoms with Gasteiger partial charge in [0.15, 0.2) is 0 Å². The van der Waals surface area contributed by atoms with Crippen LogP contribution in [0.4, 0.5) is 0 Å². The summed E-state index contributed by atoms with van der Waals surface area (Å²) in [5.74, 6) is -0.312. The maximum absolute atomic E-state index is 11.1. The highest BCUT2D eigenvalue weighted by Crippen LogP contribution is 2.25. The Labute approximate surface area is 99.1 Å². The van der Waals surface area contributed by atoms with Crippen LogP contribution in [0.5, 0.6) is 5.75 Å². The van der Waals surface area contributed by atoms with Crippen molar-refractivity contribution >= 4 is 5.97 Å². The molecule has 4 nitrogen and oxygen atoms in total. The minimum absolute atomic E-state index is 0.217. The van der Waals surface area contributed by atoms with Crippen LogP contribution in [0.2, 0.25) is 0 Å². The summed E-state index contributed by atoms with van der Waals surface area (Å²) < 4.78 is 6.85. The Morgan fingerprint density at radius 1 is 1.35 bits per heavy atom. The number of nitrogens with zero attached hydrogens (tertiary/aromatic N) is 1. The van der Waals surface area contributed by atoms with Crippen LogP contribution in [0, 0.1) is 6.92 Å². The fourth-order valence-electron chi connectivity index (χ4n) is 1.75. The van der Waals surface area contributed by atoms with Gasteiger partial charge in [-0.3, -0.25) is 0 Å². The Balaban J connectivity index is 2.63. The van der Waals surface area contributed by atoms with Crippen LogP contribution in [0.25, 0.3) is 5.69 Å². The van der Waals surface area contributed by atoms with E-state index >= 15 is 0 Å². The van der Waals surface area contributed by atoms with Crippen molar-refractivity contribution in [2.24, 2.45) is 0 Å². The van der Waals surface area contributed by atoms with E-state index in [1.807, 2.05) is 25.1 Å². The lowest BCUT2D eigenvalue weighted by atomic mass is 10.2. The normalized spacial score (nSPS) is 10.2. The molecule has 0 radical (unpaired) electrons. The highest BCUT2D eigenvalue weighted by molar-refractivity contribution is 5.86. The molecule has 2 aromatic rings. The second kappa shape index (κ2) is 4.33. The summed E-state index contributed by atoms with van der Waals surface area (Å²) in [5, 5.41) is 9.09. The van der Waals surface area contributed by atoms with Crippen molar-refractivity contribution in [1.82, 2.24) is 4.57 Å². The van der Waals surface area contributed by atoms with Crippen molar-refractivity contribution in [2.75, 3.05) is 7.11 Å². The number of methoxy groups -OCH3 is 1. The predicted molar refractivity (Wildman–Crippen MR) is 64.0 cm³/mol. The van der Waals surface area contributed by atoms with Crippen LogP contribution in [0.3, 0.4) is 0 Å². The Hall–Kier alpha value is -2.23. The topological polar surface area (TPSA) is 51.5 Å². The number of aromatic nitrogens is 1. The van der Waals surface area contributed by atoms with Crippen molar-refractivity contribution in [2.45, 2.75) is 6.92 Å². The number of carboxylic acids is 1. The number of aromatic carboxylic acids is 1. The summed E-state index contributed by atoms with van der Waals surface area (Å²) in [6, 6.07) is 8.91. The molecule has 0 unspecified atom stereocenters. The molecule has 1 N–H and O–H groups in total. The van der Waals surface area contributed by atoms with Crippen LogP contribution < -0.4 is 4.74 Å². The van der Waals surface area contributed by atoms with Gasteiger partial charge in [-0.1, -0.05) is 6.07 Å². The molecule has 0 fully saturated rings. The van der Waals surface area contributed by atoms with Crippen LogP contribution >= 0.6 is 0 Å². The van der Waals surface area contributed by atoms with E-state index in [0.29, 0.717) is 5.75 Å². The summed E-state index contributed by atoms with van der Waals surface area (Å²) in [4.78, 5) is 11.1. The highest BCUT2D eigenvalue weighted by Gasteiger charge is 2.13. The van der Waals surface area contributed by atoms with Gasteiger partial charge in [-0.2, -0.15) is 0 Å². The molecular formula is C13H13NO3. The summed E-state index contributed by atoms with van der Waals surface area (Å²) in [7, 11) is 1.57. The van der Waals surface area contributed by atoms with E-state index in [4.69, 9.17) is 9.84 Å². The van der Waals surface area contributed by atoms with Gasteiger partial charge in [0.25, 0.3) is 0 Å². The molecule has 0 atom stereocenters. The van der Waals surface area contributed by atoms with Crippen LogP contribution in [-0.2, 0) is 0 Å². The van der Waals surface area contributed by atoms with E-state index in [1.165, 1.54) is 0 Å².